The fourth-order valence-corrected chi connectivity index (χ4v) is 3.49. The zero-order valence-electron chi connectivity index (χ0n) is 12.4. The number of nitriles is 1. The predicted octanol–water partition coefficient (Wildman–Crippen LogP) is 3.51. The Balaban J connectivity index is 2.35. The minimum Gasteiger partial charge on any atom is -0.390 e. The molecule has 0 spiro atoms. The van der Waals surface area contributed by atoms with Crippen LogP contribution in [0.4, 0.5) is 5.69 Å². The lowest BCUT2D eigenvalue weighted by Gasteiger charge is -2.33. The first-order valence-electron chi connectivity index (χ1n) is 6.95. The van der Waals surface area contributed by atoms with Gasteiger partial charge in [-0.3, -0.25) is 0 Å². The minimum atomic E-state index is -0.682. The molecule has 1 aliphatic heterocycles. The second kappa shape index (κ2) is 5.27. The van der Waals surface area contributed by atoms with E-state index in [2.05, 4.69) is 17.9 Å². The van der Waals surface area contributed by atoms with E-state index in [0.717, 1.165) is 24.2 Å². The van der Waals surface area contributed by atoms with Crippen molar-refractivity contribution in [3.05, 3.63) is 28.3 Å². The average Bonchev–Trinajstić information content (AvgIpc) is 2.73. The van der Waals surface area contributed by atoms with Gasteiger partial charge in [-0.2, -0.15) is 5.26 Å². The SMILES string of the molecule is Cc1cc(C#N)c(Cl)cc1N1CCC(C(C)(C)O)[C@@H]1C. The normalized spacial score (nSPS) is 22.9. The Hall–Kier alpha value is -1.24. The maximum absolute atomic E-state index is 10.3. The van der Waals surface area contributed by atoms with Gasteiger partial charge in [0.25, 0.3) is 0 Å². The largest absolute Gasteiger partial charge is 0.390 e. The molecule has 1 unspecified atom stereocenters. The van der Waals surface area contributed by atoms with Gasteiger partial charge in [0, 0.05) is 24.2 Å². The number of hydrogen-bond acceptors (Lipinski definition) is 3. The van der Waals surface area contributed by atoms with Crippen molar-refractivity contribution in [1.82, 2.24) is 0 Å². The first-order valence-corrected chi connectivity index (χ1v) is 7.32. The van der Waals surface area contributed by atoms with E-state index in [4.69, 9.17) is 16.9 Å². The Morgan fingerprint density at radius 3 is 2.60 bits per heavy atom. The Morgan fingerprint density at radius 1 is 1.45 bits per heavy atom. The average molecular weight is 293 g/mol. The number of hydrogen-bond donors (Lipinski definition) is 1. The minimum absolute atomic E-state index is 0.233. The third kappa shape index (κ3) is 2.63. The van der Waals surface area contributed by atoms with Crippen LogP contribution in [0.2, 0.25) is 5.02 Å². The second-order valence-corrected chi connectivity index (χ2v) is 6.62. The molecule has 3 nitrogen and oxygen atoms in total. The smallest absolute Gasteiger partial charge is 0.101 e. The molecule has 108 valence electrons. The van der Waals surface area contributed by atoms with Crippen molar-refractivity contribution >= 4 is 17.3 Å². The monoisotopic (exact) mass is 292 g/mol. The number of nitrogens with zero attached hydrogens (tertiary/aromatic N) is 2. The van der Waals surface area contributed by atoms with Gasteiger partial charge in [-0.05, 0) is 51.8 Å². The van der Waals surface area contributed by atoms with E-state index in [1.54, 1.807) is 0 Å². The van der Waals surface area contributed by atoms with Crippen molar-refractivity contribution in [3.63, 3.8) is 0 Å². The zero-order chi connectivity index (χ0) is 15.1. The van der Waals surface area contributed by atoms with E-state index in [1.807, 2.05) is 32.9 Å². The lowest BCUT2D eigenvalue weighted by molar-refractivity contribution is 0.0156. The second-order valence-electron chi connectivity index (χ2n) is 6.21. The highest BCUT2D eigenvalue weighted by Crippen LogP contribution is 2.38. The fourth-order valence-electron chi connectivity index (χ4n) is 3.29. The molecule has 1 saturated heterocycles. The van der Waals surface area contributed by atoms with Crippen LogP contribution in [0.5, 0.6) is 0 Å². The summed E-state index contributed by atoms with van der Waals surface area (Å²) < 4.78 is 0. The predicted molar refractivity (Wildman–Crippen MR) is 82.1 cm³/mol. The number of anilines is 1. The van der Waals surface area contributed by atoms with Gasteiger partial charge in [0.2, 0.25) is 0 Å². The van der Waals surface area contributed by atoms with Gasteiger partial charge in [0.15, 0.2) is 0 Å². The number of aliphatic hydroxyl groups is 1. The first kappa shape index (κ1) is 15.2. The molecule has 4 heteroatoms. The van der Waals surface area contributed by atoms with Gasteiger partial charge in [-0.1, -0.05) is 11.6 Å². The van der Waals surface area contributed by atoms with Crippen molar-refractivity contribution in [2.24, 2.45) is 5.92 Å². The number of benzene rings is 1. The van der Waals surface area contributed by atoms with E-state index in [0.29, 0.717) is 10.6 Å². The van der Waals surface area contributed by atoms with Gasteiger partial charge in [0.1, 0.15) is 6.07 Å². The van der Waals surface area contributed by atoms with Crippen molar-refractivity contribution in [3.8, 4) is 6.07 Å². The van der Waals surface area contributed by atoms with Gasteiger partial charge in [0.05, 0.1) is 16.2 Å². The summed E-state index contributed by atoms with van der Waals surface area (Å²) in [4.78, 5) is 2.28. The molecule has 0 bridgehead atoms. The molecular weight excluding hydrogens is 272 g/mol. The zero-order valence-corrected chi connectivity index (χ0v) is 13.2. The summed E-state index contributed by atoms with van der Waals surface area (Å²) in [5.74, 6) is 0.233. The summed E-state index contributed by atoms with van der Waals surface area (Å²) in [6.07, 6.45) is 0.960. The van der Waals surface area contributed by atoms with Crippen LogP contribution in [0.1, 0.15) is 38.3 Å². The topological polar surface area (TPSA) is 47.3 Å². The summed E-state index contributed by atoms with van der Waals surface area (Å²) in [5, 5.41) is 19.8. The van der Waals surface area contributed by atoms with Crippen molar-refractivity contribution < 1.29 is 5.11 Å². The Labute approximate surface area is 125 Å². The Kier molecular flexibility index (Phi) is 4.00. The van der Waals surface area contributed by atoms with Crippen LogP contribution >= 0.6 is 11.6 Å². The van der Waals surface area contributed by atoms with E-state index >= 15 is 0 Å². The van der Waals surface area contributed by atoms with E-state index in [-0.39, 0.29) is 12.0 Å². The van der Waals surface area contributed by atoms with Crippen molar-refractivity contribution in [2.45, 2.75) is 45.8 Å². The Bertz CT molecular complexity index is 557. The number of halogens is 1. The molecule has 1 aliphatic rings. The molecule has 0 amide bonds. The molecule has 20 heavy (non-hydrogen) atoms. The molecule has 2 atom stereocenters. The molecule has 2 rings (SSSR count). The lowest BCUT2D eigenvalue weighted by Crippen LogP contribution is -2.40. The van der Waals surface area contributed by atoms with E-state index < -0.39 is 5.60 Å². The summed E-state index contributed by atoms with van der Waals surface area (Å²) in [5.41, 5.74) is 1.94. The van der Waals surface area contributed by atoms with Gasteiger partial charge >= 0.3 is 0 Å². The maximum Gasteiger partial charge on any atom is 0.101 e. The van der Waals surface area contributed by atoms with Crippen molar-refractivity contribution in [2.75, 3.05) is 11.4 Å². The molecule has 0 saturated carbocycles. The van der Waals surface area contributed by atoms with Crippen molar-refractivity contribution in [1.29, 1.82) is 5.26 Å². The highest BCUT2D eigenvalue weighted by Gasteiger charge is 2.40. The molecule has 0 radical (unpaired) electrons. The quantitative estimate of drug-likeness (QED) is 0.907. The van der Waals surface area contributed by atoms with Gasteiger partial charge < -0.3 is 10.0 Å². The molecule has 0 aliphatic carbocycles. The van der Waals surface area contributed by atoms with Gasteiger partial charge in [-0.25, -0.2) is 0 Å². The molecule has 1 fully saturated rings. The summed E-state index contributed by atoms with van der Waals surface area (Å²) >= 11 is 6.16. The molecule has 1 aromatic rings. The third-order valence-corrected chi connectivity index (χ3v) is 4.69. The molecular formula is C16H21ClN2O. The molecule has 1 heterocycles. The summed E-state index contributed by atoms with van der Waals surface area (Å²) in [7, 11) is 0. The van der Waals surface area contributed by atoms with Crippen LogP contribution in [0.3, 0.4) is 0 Å². The molecule has 1 aromatic carbocycles. The fraction of sp³-hybridized carbons (Fsp3) is 0.562. The third-order valence-electron chi connectivity index (χ3n) is 4.38. The summed E-state index contributed by atoms with van der Waals surface area (Å²) in [6, 6.07) is 6.06. The number of rotatable bonds is 2. The van der Waals surface area contributed by atoms with Crippen LogP contribution in [-0.2, 0) is 0 Å². The molecule has 0 aromatic heterocycles. The highest BCUT2D eigenvalue weighted by molar-refractivity contribution is 6.32. The highest BCUT2D eigenvalue weighted by atomic mass is 35.5. The number of aryl methyl sites for hydroxylation is 1. The van der Waals surface area contributed by atoms with Crippen LogP contribution in [-0.4, -0.2) is 23.3 Å². The Morgan fingerprint density at radius 2 is 2.10 bits per heavy atom. The first-order chi connectivity index (χ1) is 9.25. The van der Waals surface area contributed by atoms with E-state index in [1.165, 1.54) is 0 Å². The standard InChI is InChI=1S/C16H21ClN2O/c1-10-7-12(9-18)14(17)8-15(10)19-6-5-13(11(19)2)16(3,4)20/h7-8,11,13,20H,5-6H2,1-4H3/t11-,13?/m0/s1. The lowest BCUT2D eigenvalue weighted by atomic mass is 9.85. The maximum atomic E-state index is 10.3. The van der Waals surface area contributed by atoms with Crippen LogP contribution in [0.15, 0.2) is 12.1 Å². The van der Waals surface area contributed by atoms with Crippen LogP contribution in [0.25, 0.3) is 0 Å². The van der Waals surface area contributed by atoms with Gasteiger partial charge in [-0.15, -0.1) is 0 Å². The van der Waals surface area contributed by atoms with Crippen LogP contribution in [0, 0.1) is 24.2 Å². The van der Waals surface area contributed by atoms with Crippen LogP contribution < -0.4 is 4.90 Å². The molecule has 1 N–H and O–H groups in total. The summed E-state index contributed by atoms with van der Waals surface area (Å²) in [6.45, 7) is 8.78. The van der Waals surface area contributed by atoms with E-state index in [9.17, 15) is 5.11 Å².